The molecule has 0 fully saturated rings. The van der Waals surface area contributed by atoms with Gasteiger partial charge in [0.15, 0.2) is 0 Å². The number of carbonyl (C=O) groups is 2. The van der Waals surface area contributed by atoms with Crippen molar-refractivity contribution in [2.45, 2.75) is 11.8 Å². The highest BCUT2D eigenvalue weighted by molar-refractivity contribution is 9.10. The third kappa shape index (κ3) is 6.08. The number of rotatable bonds is 6. The van der Waals surface area contributed by atoms with E-state index in [0.29, 0.717) is 5.69 Å². The van der Waals surface area contributed by atoms with Crippen molar-refractivity contribution in [2.75, 3.05) is 17.6 Å². The summed E-state index contributed by atoms with van der Waals surface area (Å²) < 4.78 is 0.942. The van der Waals surface area contributed by atoms with E-state index in [1.807, 2.05) is 43.3 Å². The normalized spacial score (nSPS) is 10.2. The predicted octanol–water partition coefficient (Wildman–Crippen LogP) is 3.60. The molecule has 0 radical (unpaired) electrons. The lowest BCUT2D eigenvalue weighted by molar-refractivity contribution is -0.122. The molecule has 2 amide bonds. The first-order valence-electron chi connectivity index (χ1n) is 7.05. The number of amides is 2. The summed E-state index contributed by atoms with van der Waals surface area (Å²) in [6, 6.07) is 15.2. The number of hydrogen-bond donors (Lipinski definition) is 2. The van der Waals surface area contributed by atoms with E-state index in [4.69, 9.17) is 0 Å². The van der Waals surface area contributed by atoms with Crippen LogP contribution in [0.25, 0.3) is 0 Å². The van der Waals surface area contributed by atoms with Gasteiger partial charge in [-0.25, -0.2) is 0 Å². The van der Waals surface area contributed by atoms with E-state index in [9.17, 15) is 9.59 Å². The Kier molecular flexibility index (Phi) is 6.67. The predicted molar refractivity (Wildman–Crippen MR) is 97.7 cm³/mol. The number of halogens is 1. The molecule has 6 heteroatoms. The van der Waals surface area contributed by atoms with Crippen molar-refractivity contribution in [3.63, 3.8) is 0 Å². The first kappa shape index (κ1) is 17.6. The number of benzene rings is 2. The Bertz CT molecular complexity index is 689. The van der Waals surface area contributed by atoms with Crippen LogP contribution in [0.15, 0.2) is 57.9 Å². The second kappa shape index (κ2) is 8.74. The van der Waals surface area contributed by atoms with Gasteiger partial charge in [0, 0.05) is 15.1 Å². The minimum absolute atomic E-state index is 0.0385. The van der Waals surface area contributed by atoms with Crippen LogP contribution in [-0.2, 0) is 9.59 Å². The molecule has 0 saturated carbocycles. The lowest BCUT2D eigenvalue weighted by Crippen LogP contribution is -2.33. The summed E-state index contributed by atoms with van der Waals surface area (Å²) >= 11 is 4.79. The van der Waals surface area contributed by atoms with Crippen molar-refractivity contribution in [3.8, 4) is 0 Å². The maximum atomic E-state index is 11.8. The number of carbonyl (C=O) groups excluding carboxylic acids is 2. The number of thioether (sulfide) groups is 1. The molecule has 23 heavy (non-hydrogen) atoms. The van der Waals surface area contributed by atoms with Gasteiger partial charge in [0.2, 0.25) is 11.8 Å². The Balaban J connectivity index is 1.72. The Morgan fingerprint density at radius 1 is 1.04 bits per heavy atom. The fraction of sp³-hybridized carbons (Fsp3) is 0.176. The number of aryl methyl sites for hydroxylation is 1. The largest absolute Gasteiger partial charge is 0.346 e. The Morgan fingerprint density at radius 3 is 2.43 bits per heavy atom. The molecular weight excluding hydrogens is 376 g/mol. The van der Waals surface area contributed by atoms with E-state index in [-0.39, 0.29) is 24.1 Å². The maximum absolute atomic E-state index is 11.8. The fourth-order valence-electron chi connectivity index (χ4n) is 1.83. The molecular formula is C17H17BrN2O2S. The summed E-state index contributed by atoms with van der Waals surface area (Å²) in [6.07, 6.45) is 0. The van der Waals surface area contributed by atoms with Crippen LogP contribution in [0.4, 0.5) is 5.69 Å². The van der Waals surface area contributed by atoms with E-state index < -0.39 is 0 Å². The first-order valence-corrected chi connectivity index (χ1v) is 8.83. The van der Waals surface area contributed by atoms with E-state index in [0.717, 1.165) is 14.9 Å². The molecule has 0 saturated heterocycles. The summed E-state index contributed by atoms with van der Waals surface area (Å²) in [5.41, 5.74) is 1.83. The highest BCUT2D eigenvalue weighted by Crippen LogP contribution is 2.21. The van der Waals surface area contributed by atoms with Gasteiger partial charge in [-0.05, 0) is 42.8 Å². The Labute approximate surface area is 148 Å². The van der Waals surface area contributed by atoms with Crippen molar-refractivity contribution in [1.29, 1.82) is 0 Å². The zero-order valence-corrected chi connectivity index (χ0v) is 15.0. The van der Waals surface area contributed by atoms with Gasteiger partial charge in [0.1, 0.15) is 0 Å². The van der Waals surface area contributed by atoms with Gasteiger partial charge in [-0.1, -0.05) is 34.1 Å². The average Bonchev–Trinajstić information content (AvgIpc) is 2.54. The molecule has 2 aromatic rings. The van der Waals surface area contributed by atoms with Gasteiger partial charge in [-0.3, -0.25) is 9.59 Å². The fourth-order valence-corrected chi connectivity index (χ4v) is 2.95. The zero-order chi connectivity index (χ0) is 16.7. The van der Waals surface area contributed by atoms with Crippen LogP contribution in [0.2, 0.25) is 0 Å². The molecule has 0 heterocycles. The molecule has 0 aliphatic carbocycles. The molecule has 2 N–H and O–H groups in total. The van der Waals surface area contributed by atoms with E-state index in [1.54, 1.807) is 12.1 Å². The summed E-state index contributed by atoms with van der Waals surface area (Å²) in [5.74, 6) is -0.123. The van der Waals surface area contributed by atoms with Crippen LogP contribution in [0.5, 0.6) is 0 Å². The van der Waals surface area contributed by atoms with Crippen LogP contribution in [0.3, 0.4) is 0 Å². The van der Waals surface area contributed by atoms with Crippen LogP contribution in [-0.4, -0.2) is 24.1 Å². The third-order valence-electron chi connectivity index (χ3n) is 3.03. The summed E-state index contributed by atoms with van der Waals surface area (Å²) in [4.78, 5) is 24.7. The molecule has 2 rings (SSSR count). The molecule has 0 spiro atoms. The molecule has 2 aromatic carbocycles. The Morgan fingerprint density at radius 2 is 1.74 bits per heavy atom. The molecule has 120 valence electrons. The summed E-state index contributed by atoms with van der Waals surface area (Å²) in [7, 11) is 0. The highest BCUT2D eigenvalue weighted by Gasteiger charge is 2.07. The van der Waals surface area contributed by atoms with Crippen LogP contribution >= 0.6 is 27.7 Å². The van der Waals surface area contributed by atoms with E-state index in [1.165, 1.54) is 11.8 Å². The second-order valence-electron chi connectivity index (χ2n) is 4.89. The van der Waals surface area contributed by atoms with Crippen molar-refractivity contribution < 1.29 is 9.59 Å². The molecule has 0 bridgehead atoms. The SMILES string of the molecule is Cc1ccccc1SCC(=O)NCC(=O)Nc1ccc(Br)cc1. The number of hydrogen-bond acceptors (Lipinski definition) is 3. The van der Waals surface area contributed by atoms with Gasteiger partial charge in [-0.15, -0.1) is 11.8 Å². The molecule has 0 aliphatic rings. The van der Waals surface area contributed by atoms with Gasteiger partial charge < -0.3 is 10.6 Å². The smallest absolute Gasteiger partial charge is 0.243 e. The van der Waals surface area contributed by atoms with Crippen LogP contribution < -0.4 is 10.6 Å². The molecule has 0 aromatic heterocycles. The number of nitrogens with one attached hydrogen (secondary N) is 2. The molecule has 0 atom stereocenters. The van der Waals surface area contributed by atoms with Gasteiger partial charge in [-0.2, -0.15) is 0 Å². The zero-order valence-electron chi connectivity index (χ0n) is 12.6. The molecule has 0 unspecified atom stereocenters. The van der Waals surface area contributed by atoms with Crippen molar-refractivity contribution in [2.24, 2.45) is 0 Å². The maximum Gasteiger partial charge on any atom is 0.243 e. The summed E-state index contributed by atoms with van der Waals surface area (Å²) in [6.45, 7) is 1.97. The highest BCUT2D eigenvalue weighted by atomic mass is 79.9. The topological polar surface area (TPSA) is 58.2 Å². The van der Waals surface area contributed by atoms with Gasteiger partial charge in [0.05, 0.1) is 12.3 Å². The monoisotopic (exact) mass is 392 g/mol. The summed E-state index contributed by atoms with van der Waals surface area (Å²) in [5, 5.41) is 5.35. The molecule has 0 aliphatic heterocycles. The van der Waals surface area contributed by atoms with Crippen molar-refractivity contribution >= 4 is 45.2 Å². The third-order valence-corrected chi connectivity index (χ3v) is 4.73. The molecule has 4 nitrogen and oxygen atoms in total. The number of anilines is 1. The van der Waals surface area contributed by atoms with Crippen molar-refractivity contribution in [1.82, 2.24) is 5.32 Å². The standard InChI is InChI=1S/C17H17BrN2O2S/c1-12-4-2-3-5-15(12)23-11-17(22)19-10-16(21)20-14-8-6-13(18)7-9-14/h2-9H,10-11H2,1H3,(H,19,22)(H,20,21). The average molecular weight is 393 g/mol. The second-order valence-corrected chi connectivity index (χ2v) is 6.82. The quantitative estimate of drug-likeness (QED) is 0.738. The van der Waals surface area contributed by atoms with E-state index in [2.05, 4.69) is 26.6 Å². The van der Waals surface area contributed by atoms with E-state index >= 15 is 0 Å². The van der Waals surface area contributed by atoms with Crippen LogP contribution in [0, 0.1) is 6.92 Å². The van der Waals surface area contributed by atoms with Crippen LogP contribution in [0.1, 0.15) is 5.56 Å². The van der Waals surface area contributed by atoms with Gasteiger partial charge in [0.25, 0.3) is 0 Å². The van der Waals surface area contributed by atoms with Crippen molar-refractivity contribution in [3.05, 3.63) is 58.6 Å². The first-order chi connectivity index (χ1) is 11.0. The van der Waals surface area contributed by atoms with Gasteiger partial charge >= 0.3 is 0 Å². The lowest BCUT2D eigenvalue weighted by Gasteiger charge is -2.08. The minimum Gasteiger partial charge on any atom is -0.346 e. The lowest BCUT2D eigenvalue weighted by atomic mass is 10.2. The Hall–Kier alpha value is -1.79. The minimum atomic E-state index is -0.249.